The van der Waals surface area contributed by atoms with Crippen molar-refractivity contribution in [3.05, 3.63) is 33.1 Å². The van der Waals surface area contributed by atoms with Gasteiger partial charge in [-0.2, -0.15) is 0 Å². The number of rotatable bonds is 3. The van der Waals surface area contributed by atoms with Crippen LogP contribution in [0.15, 0.2) is 27.5 Å². The third-order valence-corrected chi connectivity index (χ3v) is 1.58. The molecule has 0 spiro atoms. The average Bonchev–Trinajstić information content (AvgIpc) is 2.27. The average molecular weight is 238 g/mol. The number of methoxy groups -OCH3 is 1. The van der Waals surface area contributed by atoms with Crippen LogP contribution < -0.4 is 5.56 Å². The molecule has 0 atom stereocenters. The Morgan fingerprint density at radius 3 is 3.50 bits per heavy atom. The van der Waals surface area contributed by atoms with Crippen LogP contribution in [-0.2, 0) is 11.3 Å². The van der Waals surface area contributed by atoms with Crippen molar-refractivity contribution in [2.24, 2.45) is 0 Å². The summed E-state index contributed by atoms with van der Waals surface area (Å²) < 4.78 is 48.3. The van der Waals surface area contributed by atoms with E-state index in [9.17, 15) is 4.79 Å². The Bertz CT molecular complexity index is 512. The Morgan fingerprint density at radius 1 is 1.92 bits per heavy atom. The number of aromatic nitrogens is 1. The van der Waals surface area contributed by atoms with Crippen LogP contribution in [0.3, 0.4) is 0 Å². The van der Waals surface area contributed by atoms with E-state index in [4.69, 9.17) is 8.22 Å². The summed E-state index contributed by atoms with van der Waals surface area (Å²) in [5.41, 5.74) is -0.767. The van der Waals surface area contributed by atoms with Gasteiger partial charge >= 0.3 is 0 Å². The Hall–Kier alpha value is -0.610. The molecule has 0 aliphatic carbocycles. The molecular formula is C8H10BrNO2. The number of hydrogen-bond donors (Lipinski definition) is 0. The zero-order chi connectivity index (χ0) is 14.1. The van der Waals surface area contributed by atoms with Crippen molar-refractivity contribution in [2.75, 3.05) is 13.6 Å². The monoisotopic (exact) mass is 237 g/mol. The molecule has 1 aromatic rings. The Balaban J connectivity index is 3.01. The van der Waals surface area contributed by atoms with E-state index in [0.717, 1.165) is 4.57 Å². The fraction of sp³-hybridized carbons (Fsp3) is 0.375. The van der Waals surface area contributed by atoms with E-state index in [0.29, 0.717) is 0 Å². The lowest BCUT2D eigenvalue weighted by atomic mass is 10.4. The van der Waals surface area contributed by atoms with E-state index in [2.05, 4.69) is 20.7 Å². The van der Waals surface area contributed by atoms with Gasteiger partial charge in [0.05, 0.1) is 14.8 Å². The fourth-order valence-corrected chi connectivity index (χ4v) is 0.913. The highest BCUT2D eigenvalue weighted by atomic mass is 79.9. The van der Waals surface area contributed by atoms with Crippen LogP contribution in [0.5, 0.6) is 0 Å². The van der Waals surface area contributed by atoms with E-state index in [1.165, 1.54) is 0 Å². The van der Waals surface area contributed by atoms with Gasteiger partial charge in [-0.15, -0.1) is 0 Å². The molecule has 0 radical (unpaired) electrons. The van der Waals surface area contributed by atoms with Crippen LogP contribution in [-0.4, -0.2) is 18.2 Å². The highest BCUT2D eigenvalue weighted by Gasteiger charge is 1.94. The maximum absolute atomic E-state index is 11.7. The highest BCUT2D eigenvalue weighted by molar-refractivity contribution is 9.10. The fourth-order valence-electron chi connectivity index (χ4n) is 0.654. The topological polar surface area (TPSA) is 31.2 Å². The SMILES string of the molecule is [2H]c1c(Br)c([2H])c(=O)n(CCOC([2H])([2H])[2H])c1[2H]. The van der Waals surface area contributed by atoms with Crippen LogP contribution in [0.2, 0.25) is 0 Å². The second kappa shape index (κ2) is 4.42. The van der Waals surface area contributed by atoms with Gasteiger partial charge in [0.1, 0.15) is 0 Å². The summed E-state index contributed by atoms with van der Waals surface area (Å²) in [6.45, 7) is -0.496. The first-order valence-electron chi connectivity index (χ1n) is 6.15. The molecular weight excluding hydrogens is 222 g/mol. The minimum atomic E-state index is -2.57. The van der Waals surface area contributed by atoms with Crippen molar-refractivity contribution in [1.29, 1.82) is 0 Å². The van der Waals surface area contributed by atoms with Crippen molar-refractivity contribution in [2.45, 2.75) is 6.54 Å². The molecule has 4 heteroatoms. The van der Waals surface area contributed by atoms with E-state index in [1.54, 1.807) is 0 Å². The molecule has 66 valence electrons. The van der Waals surface area contributed by atoms with Gasteiger partial charge in [-0.05, 0) is 6.04 Å². The van der Waals surface area contributed by atoms with Crippen molar-refractivity contribution in [3.63, 3.8) is 0 Å². The smallest absolute Gasteiger partial charge is 0.251 e. The zero-order valence-corrected chi connectivity index (χ0v) is 7.64. The molecule has 0 saturated heterocycles. The van der Waals surface area contributed by atoms with Crippen LogP contribution in [0.1, 0.15) is 8.22 Å². The minimum Gasteiger partial charge on any atom is -0.383 e. The first-order chi connectivity index (χ1) is 8.15. The normalized spacial score (nSPS) is 18.4. The molecule has 0 aromatic carbocycles. The second-order valence-corrected chi connectivity index (χ2v) is 2.77. The number of pyridine rings is 1. The lowest BCUT2D eigenvalue weighted by molar-refractivity contribution is 0.186. The quantitative estimate of drug-likeness (QED) is 0.793. The molecule has 0 aliphatic heterocycles. The Kier molecular flexibility index (Phi) is 1.50. The van der Waals surface area contributed by atoms with Crippen LogP contribution in [0.4, 0.5) is 0 Å². The summed E-state index contributed by atoms with van der Waals surface area (Å²) in [7, 11) is -2.57. The van der Waals surface area contributed by atoms with E-state index in [1.807, 2.05) is 0 Å². The molecule has 0 amide bonds. The van der Waals surface area contributed by atoms with Gasteiger partial charge in [0, 0.05) is 30.3 Å². The highest BCUT2D eigenvalue weighted by Crippen LogP contribution is 2.03. The second-order valence-electron chi connectivity index (χ2n) is 1.98. The number of ether oxygens (including phenoxy) is 1. The molecule has 1 rings (SSSR count). The summed E-state index contributed by atoms with van der Waals surface area (Å²) in [5, 5.41) is 0. The Morgan fingerprint density at radius 2 is 2.75 bits per heavy atom. The molecule has 0 N–H and O–H groups in total. The maximum atomic E-state index is 11.7. The summed E-state index contributed by atoms with van der Waals surface area (Å²) in [6, 6.07) is -0.738. The first-order valence-corrected chi connectivity index (χ1v) is 3.94. The minimum absolute atomic E-state index is 0.0505. The molecule has 0 unspecified atom stereocenters. The third-order valence-electron chi connectivity index (χ3n) is 1.18. The number of halogens is 1. The predicted octanol–water partition coefficient (Wildman–Crippen LogP) is 1.26. The van der Waals surface area contributed by atoms with Gasteiger partial charge in [-0.25, -0.2) is 0 Å². The van der Waals surface area contributed by atoms with Gasteiger partial charge in [0.2, 0.25) is 0 Å². The molecule has 0 aliphatic rings. The molecule has 0 bridgehead atoms. The predicted molar refractivity (Wildman–Crippen MR) is 50.3 cm³/mol. The van der Waals surface area contributed by atoms with Gasteiger partial charge in [0.25, 0.3) is 5.56 Å². The summed E-state index contributed by atoms with van der Waals surface area (Å²) in [5.74, 6) is 0. The summed E-state index contributed by atoms with van der Waals surface area (Å²) in [4.78, 5) is 11.7. The molecule has 12 heavy (non-hydrogen) atoms. The van der Waals surface area contributed by atoms with Gasteiger partial charge in [-0.3, -0.25) is 4.79 Å². The zero-order valence-electron chi connectivity index (χ0n) is 12.1. The van der Waals surface area contributed by atoms with E-state index in [-0.39, 0.29) is 23.7 Å². The van der Waals surface area contributed by atoms with E-state index < -0.39 is 24.8 Å². The first kappa shape index (κ1) is 4.07. The lowest BCUT2D eigenvalue weighted by Crippen LogP contribution is -2.20. The largest absolute Gasteiger partial charge is 0.383 e. The lowest BCUT2D eigenvalue weighted by Gasteiger charge is -2.03. The van der Waals surface area contributed by atoms with E-state index >= 15 is 0 Å². The van der Waals surface area contributed by atoms with Crippen molar-refractivity contribution in [1.82, 2.24) is 4.57 Å². The molecule has 0 fully saturated rings. The summed E-state index contributed by atoms with van der Waals surface area (Å²) >= 11 is 2.89. The van der Waals surface area contributed by atoms with Gasteiger partial charge in [-0.1, -0.05) is 15.9 Å². The van der Waals surface area contributed by atoms with Gasteiger partial charge < -0.3 is 9.30 Å². The standard InChI is InChI=1S/C8H10BrNO2/c1-12-5-4-10-3-2-7(9)6-8(10)11/h2-3,6H,4-5H2,1H3/i1D3,2D,3D,6D. The molecule has 1 heterocycles. The molecule has 3 nitrogen and oxygen atoms in total. The van der Waals surface area contributed by atoms with Crippen molar-refractivity contribution >= 4 is 15.9 Å². The number of hydrogen-bond acceptors (Lipinski definition) is 2. The summed E-state index contributed by atoms with van der Waals surface area (Å²) in [6.07, 6.45) is -0.392. The molecule has 1 aromatic heterocycles. The van der Waals surface area contributed by atoms with Crippen LogP contribution in [0, 0.1) is 0 Å². The third kappa shape index (κ3) is 2.46. The maximum Gasteiger partial charge on any atom is 0.251 e. The van der Waals surface area contributed by atoms with Crippen LogP contribution >= 0.6 is 15.9 Å². The van der Waals surface area contributed by atoms with Crippen molar-refractivity contribution < 1.29 is 13.0 Å². The van der Waals surface area contributed by atoms with Crippen molar-refractivity contribution in [3.8, 4) is 0 Å². The Labute approximate surface area is 87.5 Å². The van der Waals surface area contributed by atoms with Gasteiger partial charge in [0.15, 0.2) is 0 Å². The van der Waals surface area contributed by atoms with Crippen LogP contribution in [0.25, 0.3) is 0 Å². The number of nitrogens with zero attached hydrogens (tertiary/aromatic N) is 1. The molecule has 0 saturated carbocycles.